The highest BCUT2D eigenvalue weighted by Crippen LogP contribution is 2.27. The van der Waals surface area contributed by atoms with Gasteiger partial charge in [0, 0.05) is 0 Å². The molecule has 0 spiro atoms. The maximum atomic E-state index is 11.7. The number of ether oxygens (including phenoxy) is 1. The minimum absolute atomic E-state index is 0.251. The quantitative estimate of drug-likeness (QED) is 0.801. The second-order valence-corrected chi connectivity index (χ2v) is 4.57. The minimum Gasteiger partial charge on any atom is -0.464 e. The number of esters is 1. The van der Waals surface area contributed by atoms with Gasteiger partial charge in [-0.3, -0.25) is 0 Å². The molecule has 1 N–H and O–H groups in total. The molecular formula is C14H20ClNO2. The Morgan fingerprint density at radius 2 is 2.17 bits per heavy atom. The SMILES string of the molecule is CCCOC(=O)C(C)Nc1c(Cl)cccc1CC. The molecule has 1 atom stereocenters. The normalized spacial score (nSPS) is 12.0. The number of rotatable bonds is 6. The second-order valence-electron chi connectivity index (χ2n) is 4.16. The zero-order valence-corrected chi connectivity index (χ0v) is 11.9. The van der Waals surface area contributed by atoms with Gasteiger partial charge in [0.2, 0.25) is 0 Å². The van der Waals surface area contributed by atoms with Gasteiger partial charge < -0.3 is 10.1 Å². The van der Waals surface area contributed by atoms with Crippen molar-refractivity contribution in [1.29, 1.82) is 0 Å². The highest BCUT2D eigenvalue weighted by Gasteiger charge is 2.16. The number of anilines is 1. The number of carbonyl (C=O) groups is 1. The van der Waals surface area contributed by atoms with Crippen LogP contribution in [-0.2, 0) is 16.0 Å². The summed E-state index contributed by atoms with van der Waals surface area (Å²) in [4.78, 5) is 11.7. The summed E-state index contributed by atoms with van der Waals surface area (Å²) in [5, 5.41) is 3.76. The van der Waals surface area contributed by atoms with Crippen molar-refractivity contribution in [2.75, 3.05) is 11.9 Å². The third-order valence-electron chi connectivity index (χ3n) is 2.64. The maximum absolute atomic E-state index is 11.7. The predicted octanol–water partition coefficient (Wildman–Crippen LogP) is 3.66. The number of hydrogen-bond acceptors (Lipinski definition) is 3. The molecule has 100 valence electrons. The van der Waals surface area contributed by atoms with Crippen molar-refractivity contribution in [1.82, 2.24) is 0 Å². The van der Waals surface area contributed by atoms with Crippen LogP contribution in [0.5, 0.6) is 0 Å². The number of benzene rings is 1. The molecule has 0 bridgehead atoms. The van der Waals surface area contributed by atoms with Crippen LogP contribution >= 0.6 is 11.6 Å². The van der Waals surface area contributed by atoms with E-state index in [1.54, 1.807) is 6.92 Å². The van der Waals surface area contributed by atoms with E-state index in [4.69, 9.17) is 16.3 Å². The van der Waals surface area contributed by atoms with Crippen molar-refractivity contribution >= 4 is 23.3 Å². The van der Waals surface area contributed by atoms with Gasteiger partial charge in [-0.05, 0) is 31.4 Å². The van der Waals surface area contributed by atoms with Crippen LogP contribution in [0.1, 0.15) is 32.8 Å². The molecule has 0 fully saturated rings. The standard InChI is InChI=1S/C14H20ClNO2/c1-4-9-18-14(17)10(3)16-13-11(5-2)7-6-8-12(13)15/h6-8,10,16H,4-5,9H2,1-3H3. The first-order valence-corrected chi connectivity index (χ1v) is 6.68. The summed E-state index contributed by atoms with van der Waals surface area (Å²) < 4.78 is 5.09. The van der Waals surface area contributed by atoms with Gasteiger partial charge in [0.15, 0.2) is 0 Å². The Morgan fingerprint density at radius 1 is 1.44 bits per heavy atom. The molecule has 1 aromatic carbocycles. The highest BCUT2D eigenvalue weighted by atomic mass is 35.5. The number of hydrogen-bond donors (Lipinski definition) is 1. The van der Waals surface area contributed by atoms with Crippen LogP contribution < -0.4 is 5.32 Å². The van der Waals surface area contributed by atoms with E-state index < -0.39 is 6.04 Å². The van der Waals surface area contributed by atoms with Gasteiger partial charge in [0.25, 0.3) is 0 Å². The lowest BCUT2D eigenvalue weighted by Crippen LogP contribution is -2.29. The number of para-hydroxylation sites is 1. The molecule has 3 nitrogen and oxygen atoms in total. The third kappa shape index (κ3) is 3.91. The van der Waals surface area contributed by atoms with Crippen molar-refractivity contribution < 1.29 is 9.53 Å². The van der Waals surface area contributed by atoms with Gasteiger partial charge in [-0.1, -0.05) is 37.6 Å². The molecule has 0 aliphatic carbocycles. The number of carbonyl (C=O) groups excluding carboxylic acids is 1. The van der Waals surface area contributed by atoms with Crippen LogP contribution in [-0.4, -0.2) is 18.6 Å². The van der Waals surface area contributed by atoms with Crippen molar-refractivity contribution in [2.45, 2.75) is 39.7 Å². The molecular weight excluding hydrogens is 250 g/mol. The van der Waals surface area contributed by atoms with E-state index in [0.29, 0.717) is 11.6 Å². The fraction of sp³-hybridized carbons (Fsp3) is 0.500. The molecule has 0 heterocycles. The smallest absolute Gasteiger partial charge is 0.328 e. The lowest BCUT2D eigenvalue weighted by molar-refractivity contribution is -0.144. The summed E-state index contributed by atoms with van der Waals surface area (Å²) >= 11 is 6.15. The lowest BCUT2D eigenvalue weighted by atomic mass is 10.1. The Bertz CT molecular complexity index is 407. The lowest BCUT2D eigenvalue weighted by Gasteiger charge is -2.18. The molecule has 1 unspecified atom stereocenters. The van der Waals surface area contributed by atoms with Gasteiger partial charge in [-0.15, -0.1) is 0 Å². The van der Waals surface area contributed by atoms with Crippen molar-refractivity contribution in [3.63, 3.8) is 0 Å². The van der Waals surface area contributed by atoms with E-state index in [-0.39, 0.29) is 5.97 Å². The monoisotopic (exact) mass is 269 g/mol. The average Bonchev–Trinajstić information content (AvgIpc) is 2.38. The second kappa shape index (κ2) is 7.27. The van der Waals surface area contributed by atoms with E-state index >= 15 is 0 Å². The van der Waals surface area contributed by atoms with Gasteiger partial charge in [0.05, 0.1) is 17.3 Å². The zero-order valence-electron chi connectivity index (χ0n) is 11.1. The van der Waals surface area contributed by atoms with Crippen molar-refractivity contribution in [3.05, 3.63) is 28.8 Å². The van der Waals surface area contributed by atoms with E-state index in [2.05, 4.69) is 12.2 Å². The van der Waals surface area contributed by atoms with Crippen LogP contribution in [0.4, 0.5) is 5.69 Å². The molecule has 1 rings (SSSR count). The van der Waals surface area contributed by atoms with Crippen LogP contribution in [0.2, 0.25) is 5.02 Å². The Labute approximate surface area is 113 Å². The summed E-state index contributed by atoms with van der Waals surface area (Å²) in [6.07, 6.45) is 1.68. The average molecular weight is 270 g/mol. The van der Waals surface area contributed by atoms with Gasteiger partial charge in [-0.2, -0.15) is 0 Å². The molecule has 0 saturated heterocycles. The number of nitrogens with one attached hydrogen (secondary N) is 1. The first kappa shape index (κ1) is 14.8. The Kier molecular flexibility index (Phi) is 5.99. The summed E-state index contributed by atoms with van der Waals surface area (Å²) in [6, 6.07) is 5.32. The van der Waals surface area contributed by atoms with Gasteiger partial charge in [0.1, 0.15) is 6.04 Å². The molecule has 0 saturated carbocycles. The minimum atomic E-state index is -0.401. The Hall–Kier alpha value is -1.22. The van der Waals surface area contributed by atoms with Crippen LogP contribution in [0.15, 0.2) is 18.2 Å². The summed E-state index contributed by atoms with van der Waals surface area (Å²) in [5.74, 6) is -0.251. The molecule has 18 heavy (non-hydrogen) atoms. The molecule has 0 aliphatic heterocycles. The fourth-order valence-corrected chi connectivity index (χ4v) is 1.88. The summed E-state index contributed by atoms with van der Waals surface area (Å²) in [6.45, 7) is 6.25. The Balaban J connectivity index is 2.75. The summed E-state index contributed by atoms with van der Waals surface area (Å²) in [7, 11) is 0. The van der Waals surface area contributed by atoms with Crippen molar-refractivity contribution in [3.8, 4) is 0 Å². The van der Waals surface area contributed by atoms with E-state index in [1.807, 2.05) is 25.1 Å². The van der Waals surface area contributed by atoms with Crippen LogP contribution in [0, 0.1) is 0 Å². The predicted molar refractivity (Wildman–Crippen MR) is 75.2 cm³/mol. The number of halogens is 1. The first-order chi connectivity index (χ1) is 8.60. The highest BCUT2D eigenvalue weighted by molar-refractivity contribution is 6.33. The van der Waals surface area contributed by atoms with Crippen LogP contribution in [0.25, 0.3) is 0 Å². The Morgan fingerprint density at radius 3 is 2.78 bits per heavy atom. The van der Waals surface area contributed by atoms with Gasteiger partial charge in [-0.25, -0.2) is 4.79 Å². The topological polar surface area (TPSA) is 38.3 Å². The molecule has 1 aromatic rings. The first-order valence-electron chi connectivity index (χ1n) is 6.30. The largest absolute Gasteiger partial charge is 0.464 e. The summed E-state index contributed by atoms with van der Waals surface area (Å²) in [5.41, 5.74) is 1.92. The molecule has 0 aromatic heterocycles. The van der Waals surface area contributed by atoms with E-state index in [1.165, 1.54) is 0 Å². The van der Waals surface area contributed by atoms with E-state index in [9.17, 15) is 4.79 Å². The fourth-order valence-electron chi connectivity index (χ4n) is 1.63. The molecule has 0 amide bonds. The van der Waals surface area contributed by atoms with Crippen LogP contribution in [0.3, 0.4) is 0 Å². The zero-order chi connectivity index (χ0) is 13.5. The molecule has 0 aliphatic rings. The molecule has 4 heteroatoms. The van der Waals surface area contributed by atoms with Crippen molar-refractivity contribution in [2.24, 2.45) is 0 Å². The third-order valence-corrected chi connectivity index (χ3v) is 2.96. The van der Waals surface area contributed by atoms with Gasteiger partial charge >= 0.3 is 5.97 Å². The molecule has 0 radical (unpaired) electrons. The maximum Gasteiger partial charge on any atom is 0.328 e. The van der Waals surface area contributed by atoms with E-state index in [0.717, 1.165) is 24.1 Å². The number of aryl methyl sites for hydroxylation is 1.